The van der Waals surface area contributed by atoms with Crippen LogP contribution in [0.15, 0.2) is 36.4 Å². The first kappa shape index (κ1) is 22.9. The van der Waals surface area contributed by atoms with Gasteiger partial charge in [0.2, 0.25) is 5.91 Å². The molecule has 176 valence electrons. The van der Waals surface area contributed by atoms with Crippen molar-refractivity contribution in [3.8, 4) is 11.5 Å². The van der Waals surface area contributed by atoms with Crippen LogP contribution in [0.5, 0.6) is 11.5 Å². The minimum atomic E-state index is 0.00481. The van der Waals surface area contributed by atoms with Crippen molar-refractivity contribution in [2.24, 2.45) is 5.92 Å². The lowest BCUT2D eigenvalue weighted by Crippen LogP contribution is -2.48. The third kappa shape index (κ3) is 5.56. The molecule has 8 heteroatoms. The number of amides is 1. The number of ether oxygens (including phenoxy) is 2. The lowest BCUT2D eigenvalue weighted by Gasteiger charge is -2.35. The van der Waals surface area contributed by atoms with E-state index in [1.54, 1.807) is 20.3 Å². The summed E-state index contributed by atoms with van der Waals surface area (Å²) in [6, 6.07) is 9.71. The number of hydrogen-bond donors (Lipinski definition) is 0. The van der Waals surface area contributed by atoms with Gasteiger partial charge in [0.25, 0.3) is 0 Å². The Bertz CT molecular complexity index is 963. The molecule has 0 unspecified atom stereocenters. The van der Waals surface area contributed by atoms with Gasteiger partial charge in [0.1, 0.15) is 0 Å². The molecule has 2 saturated heterocycles. The van der Waals surface area contributed by atoms with E-state index in [0.717, 1.165) is 49.3 Å². The number of carbonyl (C=O) groups excluding carboxylic acids is 1. The molecule has 0 atom stereocenters. The quantitative estimate of drug-likeness (QED) is 0.625. The Hall–Kier alpha value is -3.29. The molecule has 2 aliphatic heterocycles. The number of piperazine rings is 1. The number of carbonyl (C=O) groups is 1. The largest absolute Gasteiger partial charge is 0.493 e. The van der Waals surface area contributed by atoms with Crippen molar-refractivity contribution in [1.29, 1.82) is 0 Å². The van der Waals surface area contributed by atoms with Crippen LogP contribution in [0.4, 0.5) is 11.6 Å². The summed E-state index contributed by atoms with van der Waals surface area (Å²) in [4.78, 5) is 19.0. The molecule has 33 heavy (non-hydrogen) atoms. The van der Waals surface area contributed by atoms with Gasteiger partial charge in [0.15, 0.2) is 23.1 Å². The van der Waals surface area contributed by atoms with Crippen molar-refractivity contribution in [1.82, 2.24) is 15.1 Å². The molecule has 0 aliphatic carbocycles. The molecule has 2 fully saturated rings. The van der Waals surface area contributed by atoms with Gasteiger partial charge in [0, 0.05) is 45.3 Å². The number of nitrogens with zero attached hydrogens (tertiary/aromatic N) is 5. The van der Waals surface area contributed by atoms with E-state index in [1.165, 1.54) is 12.8 Å². The van der Waals surface area contributed by atoms with Crippen LogP contribution in [0.1, 0.15) is 25.3 Å². The van der Waals surface area contributed by atoms with Crippen LogP contribution in [0.3, 0.4) is 0 Å². The lowest BCUT2D eigenvalue weighted by molar-refractivity contribution is -0.126. The Morgan fingerprint density at radius 1 is 0.879 bits per heavy atom. The fourth-order valence-corrected chi connectivity index (χ4v) is 4.28. The molecule has 1 aromatic carbocycles. The number of anilines is 2. The van der Waals surface area contributed by atoms with Gasteiger partial charge in [-0.25, -0.2) is 0 Å². The SMILES string of the molecule is COc1ccc(/C=C/C(=O)N2CCN(c3ccc(N4CCC(C)CC4)nn3)CC2)cc1OC. The van der Waals surface area contributed by atoms with Crippen molar-refractivity contribution < 1.29 is 14.3 Å². The van der Waals surface area contributed by atoms with E-state index in [9.17, 15) is 4.79 Å². The number of benzene rings is 1. The van der Waals surface area contributed by atoms with Crippen LogP contribution in [0, 0.1) is 5.92 Å². The summed E-state index contributed by atoms with van der Waals surface area (Å²) < 4.78 is 10.6. The zero-order valence-corrected chi connectivity index (χ0v) is 19.7. The van der Waals surface area contributed by atoms with Gasteiger partial charge in [-0.15, -0.1) is 10.2 Å². The molecule has 0 saturated carbocycles. The zero-order valence-electron chi connectivity index (χ0n) is 19.7. The summed E-state index contributed by atoms with van der Waals surface area (Å²) in [5.41, 5.74) is 0.887. The normalized spacial score (nSPS) is 17.5. The van der Waals surface area contributed by atoms with E-state index in [4.69, 9.17) is 9.47 Å². The predicted molar refractivity (Wildman–Crippen MR) is 130 cm³/mol. The van der Waals surface area contributed by atoms with E-state index in [0.29, 0.717) is 24.6 Å². The number of rotatable bonds is 6. The minimum absolute atomic E-state index is 0.00481. The van der Waals surface area contributed by atoms with Gasteiger partial charge in [0.05, 0.1) is 14.2 Å². The summed E-state index contributed by atoms with van der Waals surface area (Å²) in [5.74, 6) is 3.94. The first-order chi connectivity index (χ1) is 16.1. The summed E-state index contributed by atoms with van der Waals surface area (Å²) >= 11 is 0. The molecule has 1 aromatic heterocycles. The molecule has 0 radical (unpaired) electrons. The minimum Gasteiger partial charge on any atom is -0.493 e. The Balaban J connectivity index is 1.29. The highest BCUT2D eigenvalue weighted by Crippen LogP contribution is 2.28. The molecular weight excluding hydrogens is 418 g/mol. The highest BCUT2D eigenvalue weighted by atomic mass is 16.5. The molecular formula is C25H33N5O3. The third-order valence-corrected chi connectivity index (χ3v) is 6.49. The van der Waals surface area contributed by atoms with E-state index in [-0.39, 0.29) is 5.91 Å². The second-order valence-electron chi connectivity index (χ2n) is 8.68. The van der Waals surface area contributed by atoms with Crippen LogP contribution < -0.4 is 19.3 Å². The second kappa shape index (κ2) is 10.6. The zero-order chi connectivity index (χ0) is 23.2. The van der Waals surface area contributed by atoms with E-state index < -0.39 is 0 Å². The summed E-state index contributed by atoms with van der Waals surface area (Å²) in [7, 11) is 3.20. The number of hydrogen-bond acceptors (Lipinski definition) is 7. The standard InChI is InChI=1S/C25H33N5O3/c1-19-10-12-28(13-11-19)23-7-8-24(27-26-23)29-14-16-30(17-15-29)25(31)9-5-20-4-6-21(32-2)22(18-20)33-3/h4-9,18-19H,10-17H2,1-3H3/b9-5+. The van der Waals surface area contributed by atoms with Gasteiger partial charge in [-0.1, -0.05) is 13.0 Å². The van der Waals surface area contributed by atoms with Crippen LogP contribution in [-0.2, 0) is 4.79 Å². The van der Waals surface area contributed by atoms with Crippen molar-refractivity contribution in [2.75, 3.05) is 63.3 Å². The van der Waals surface area contributed by atoms with E-state index in [2.05, 4.69) is 39.1 Å². The maximum Gasteiger partial charge on any atom is 0.246 e. The molecule has 0 bridgehead atoms. The van der Waals surface area contributed by atoms with Gasteiger partial charge in [-0.2, -0.15) is 0 Å². The summed E-state index contributed by atoms with van der Waals surface area (Å²) in [5, 5.41) is 8.94. The van der Waals surface area contributed by atoms with Crippen molar-refractivity contribution in [3.05, 3.63) is 42.0 Å². The van der Waals surface area contributed by atoms with E-state index >= 15 is 0 Å². The first-order valence-corrected chi connectivity index (χ1v) is 11.6. The van der Waals surface area contributed by atoms with Gasteiger partial charge >= 0.3 is 0 Å². The second-order valence-corrected chi connectivity index (χ2v) is 8.68. The third-order valence-electron chi connectivity index (χ3n) is 6.49. The number of methoxy groups -OCH3 is 2. The maximum absolute atomic E-state index is 12.7. The summed E-state index contributed by atoms with van der Waals surface area (Å²) in [6.07, 6.45) is 5.84. The topological polar surface area (TPSA) is 71.0 Å². The molecule has 2 aliphatic rings. The number of piperidine rings is 1. The molecule has 8 nitrogen and oxygen atoms in total. The maximum atomic E-state index is 12.7. The summed E-state index contributed by atoms with van der Waals surface area (Å²) in [6.45, 7) is 7.20. The molecule has 2 aromatic rings. The van der Waals surface area contributed by atoms with E-state index in [1.807, 2.05) is 29.2 Å². The average Bonchev–Trinajstić information content (AvgIpc) is 2.87. The highest BCUT2D eigenvalue weighted by molar-refractivity contribution is 5.92. The fourth-order valence-electron chi connectivity index (χ4n) is 4.28. The Labute approximate surface area is 195 Å². The molecule has 4 rings (SSSR count). The predicted octanol–water partition coefficient (Wildman–Crippen LogP) is 3.09. The molecule has 1 amide bonds. The lowest BCUT2D eigenvalue weighted by atomic mass is 9.99. The smallest absolute Gasteiger partial charge is 0.246 e. The Morgan fingerprint density at radius 3 is 2.06 bits per heavy atom. The van der Waals surface area contributed by atoms with Crippen LogP contribution >= 0.6 is 0 Å². The monoisotopic (exact) mass is 451 g/mol. The molecule has 0 spiro atoms. The molecule has 3 heterocycles. The van der Waals surface area contributed by atoms with Crippen LogP contribution in [-0.4, -0.2) is 74.5 Å². The Kier molecular flexibility index (Phi) is 7.32. The highest BCUT2D eigenvalue weighted by Gasteiger charge is 2.22. The van der Waals surface area contributed by atoms with Crippen molar-refractivity contribution in [3.63, 3.8) is 0 Å². The van der Waals surface area contributed by atoms with Crippen molar-refractivity contribution in [2.45, 2.75) is 19.8 Å². The number of aromatic nitrogens is 2. The van der Waals surface area contributed by atoms with Gasteiger partial charge in [-0.05, 0) is 54.7 Å². The molecule has 0 N–H and O–H groups in total. The van der Waals surface area contributed by atoms with Crippen LogP contribution in [0.2, 0.25) is 0 Å². The Morgan fingerprint density at radius 2 is 1.48 bits per heavy atom. The first-order valence-electron chi connectivity index (χ1n) is 11.6. The van der Waals surface area contributed by atoms with Gasteiger partial charge < -0.3 is 24.2 Å². The average molecular weight is 452 g/mol. The van der Waals surface area contributed by atoms with Crippen LogP contribution in [0.25, 0.3) is 6.08 Å². The van der Waals surface area contributed by atoms with Gasteiger partial charge in [-0.3, -0.25) is 4.79 Å². The fraction of sp³-hybridized carbons (Fsp3) is 0.480. The van der Waals surface area contributed by atoms with Crippen molar-refractivity contribution >= 4 is 23.6 Å².